The average molecular weight is 714 g/mol. The van der Waals surface area contributed by atoms with Gasteiger partial charge in [0.2, 0.25) is 5.91 Å². The highest BCUT2D eigenvalue weighted by Crippen LogP contribution is 2.41. The van der Waals surface area contributed by atoms with E-state index in [0.29, 0.717) is 29.1 Å². The quantitative estimate of drug-likeness (QED) is 0.167. The number of aliphatic imine (C=N–C) groups is 2. The highest BCUT2D eigenvalue weighted by atomic mass is 16.4. The summed E-state index contributed by atoms with van der Waals surface area (Å²) in [7, 11) is 0. The fourth-order valence-electron chi connectivity index (χ4n) is 7.64. The maximum Gasteiger partial charge on any atom is 0.338 e. The van der Waals surface area contributed by atoms with Gasteiger partial charge in [0.15, 0.2) is 0 Å². The van der Waals surface area contributed by atoms with Crippen LogP contribution in [0.4, 0.5) is 0 Å². The Morgan fingerprint density at radius 2 is 1.67 bits per heavy atom. The number of aromatic nitrogens is 1. The summed E-state index contributed by atoms with van der Waals surface area (Å²) >= 11 is 0. The first-order chi connectivity index (χ1) is 24.6. The maximum atomic E-state index is 13.7. The number of nitrogens with one attached hydrogen (secondary N) is 3. The zero-order chi connectivity index (χ0) is 38.2. The summed E-state index contributed by atoms with van der Waals surface area (Å²) in [6.07, 6.45) is 6.60. The lowest BCUT2D eigenvalue weighted by molar-refractivity contribution is -0.147. The number of carbonyl (C=O) groups excluding carboxylic acids is 1. The number of nitrogens with zero attached hydrogens (tertiary/aromatic N) is 2. The van der Waals surface area contributed by atoms with E-state index in [0.717, 1.165) is 33.0 Å². The molecule has 5 heterocycles. The van der Waals surface area contributed by atoms with Gasteiger partial charge in [-0.2, -0.15) is 0 Å². The van der Waals surface area contributed by atoms with Crippen LogP contribution in [0, 0.1) is 18.8 Å². The molecule has 1 amide bonds. The zero-order valence-corrected chi connectivity index (χ0v) is 29.7. The first kappa shape index (κ1) is 37.6. The smallest absolute Gasteiger partial charge is 0.338 e. The second-order valence-electron chi connectivity index (χ2n) is 13.5. The third-order valence-electron chi connectivity index (χ3n) is 10.4. The number of fused-ring (bicyclic) bond motifs is 6. The van der Waals surface area contributed by atoms with Crippen LogP contribution in [-0.4, -0.2) is 84.7 Å². The van der Waals surface area contributed by atoms with Crippen molar-refractivity contribution in [1.82, 2.24) is 15.6 Å². The van der Waals surface area contributed by atoms with Crippen LogP contribution in [0.3, 0.4) is 0 Å². The van der Waals surface area contributed by atoms with Gasteiger partial charge in [-0.1, -0.05) is 26.5 Å². The second-order valence-corrected chi connectivity index (χ2v) is 13.5. The molecule has 0 aromatic carbocycles. The third kappa shape index (κ3) is 7.24. The third-order valence-corrected chi connectivity index (χ3v) is 10.4. The molecule has 5 rings (SSSR count). The molecule has 14 heteroatoms. The highest BCUT2D eigenvalue weighted by molar-refractivity contribution is 6.24. The molecule has 4 aliphatic heterocycles. The van der Waals surface area contributed by atoms with Gasteiger partial charge < -0.3 is 36.0 Å². The fraction of sp³-hybridized carbons (Fsp3) is 0.395. The topological polar surface area (TPSA) is 231 Å². The maximum absolute atomic E-state index is 13.7. The molecule has 1 saturated heterocycles. The lowest BCUT2D eigenvalue weighted by Crippen LogP contribution is -2.43. The summed E-state index contributed by atoms with van der Waals surface area (Å²) in [6.45, 7) is 13.5. The Balaban J connectivity index is 1.82. The van der Waals surface area contributed by atoms with Crippen molar-refractivity contribution in [3.8, 4) is 0 Å². The number of carboxylic acids is 4. The molecule has 14 nitrogen and oxygen atoms in total. The minimum Gasteiger partial charge on any atom is -0.481 e. The molecule has 0 radical (unpaired) electrons. The van der Waals surface area contributed by atoms with Crippen LogP contribution < -0.4 is 21.3 Å². The Labute approximate surface area is 299 Å². The van der Waals surface area contributed by atoms with Gasteiger partial charge in [-0.25, -0.2) is 19.6 Å². The van der Waals surface area contributed by atoms with Crippen molar-refractivity contribution in [3.63, 3.8) is 0 Å². The van der Waals surface area contributed by atoms with Crippen molar-refractivity contribution in [3.05, 3.63) is 73.7 Å². The van der Waals surface area contributed by atoms with Crippen LogP contribution in [0.25, 0.3) is 18.2 Å². The predicted octanol–water partition coefficient (Wildman–Crippen LogP) is 2.61. The van der Waals surface area contributed by atoms with Crippen LogP contribution >= 0.6 is 0 Å². The fourth-order valence-corrected chi connectivity index (χ4v) is 7.64. The van der Waals surface area contributed by atoms with E-state index in [-0.39, 0.29) is 35.6 Å². The van der Waals surface area contributed by atoms with Gasteiger partial charge in [-0.15, -0.1) is 0 Å². The highest BCUT2D eigenvalue weighted by Gasteiger charge is 2.44. The van der Waals surface area contributed by atoms with E-state index in [2.05, 4.69) is 22.2 Å². The second kappa shape index (κ2) is 14.9. The Bertz CT molecular complexity index is 2110. The molecular weight excluding hydrogens is 670 g/mol. The normalized spacial score (nSPS) is 23.0. The van der Waals surface area contributed by atoms with Crippen LogP contribution in [0.15, 0.2) is 61.9 Å². The van der Waals surface area contributed by atoms with Crippen LogP contribution in [0.5, 0.6) is 0 Å². The van der Waals surface area contributed by atoms with Gasteiger partial charge in [-0.3, -0.25) is 14.4 Å². The molecule has 0 spiro atoms. The number of H-pyrrole nitrogens is 1. The van der Waals surface area contributed by atoms with Gasteiger partial charge >= 0.3 is 23.9 Å². The van der Waals surface area contributed by atoms with Crippen LogP contribution in [0.1, 0.15) is 70.9 Å². The minimum absolute atomic E-state index is 0.00493. The van der Waals surface area contributed by atoms with Crippen molar-refractivity contribution in [2.24, 2.45) is 21.8 Å². The number of carbonyl (C=O) groups is 5. The number of aromatic amines is 1. The number of allylic oxidation sites excluding steroid dienone is 4. The molecule has 0 saturated carbocycles. The van der Waals surface area contributed by atoms with E-state index in [1.54, 1.807) is 19.1 Å². The Kier molecular flexibility index (Phi) is 10.8. The molecule has 5 atom stereocenters. The summed E-state index contributed by atoms with van der Waals surface area (Å²) in [4.78, 5) is 75.0. The van der Waals surface area contributed by atoms with E-state index in [1.807, 2.05) is 39.8 Å². The minimum atomic E-state index is -1.75. The first-order valence-electron chi connectivity index (χ1n) is 17.1. The van der Waals surface area contributed by atoms with Crippen molar-refractivity contribution in [1.29, 1.82) is 0 Å². The number of carboxylic acid groups (broad SMARTS) is 4. The summed E-state index contributed by atoms with van der Waals surface area (Å²) in [5.74, 6) is -6.85. The SMILES string of the molecule is C=Cc1c(C)c2[nH]c1=CC1=NC(=CC3=NC(=C(CC(=O)N[C@@H](CC(=O)O)C(=O)O)C4NC(C=2)[C@@H](C)[C@@H]4CCC(=O)O)C(C(=O)O)=C3C)C(CC)=C1C. The number of rotatable bonds is 12. The molecule has 1 fully saturated rings. The number of hydrogen-bond acceptors (Lipinski definition) is 8. The zero-order valence-electron chi connectivity index (χ0n) is 29.7. The molecule has 0 aliphatic carbocycles. The first-order valence-corrected chi connectivity index (χ1v) is 17.1. The van der Waals surface area contributed by atoms with Crippen molar-refractivity contribution in [2.45, 2.75) is 84.8 Å². The number of hydrogen-bond donors (Lipinski definition) is 7. The molecular formula is C38H43N5O9. The van der Waals surface area contributed by atoms with Gasteiger partial charge in [0.25, 0.3) is 0 Å². The van der Waals surface area contributed by atoms with E-state index < -0.39 is 66.7 Å². The molecule has 8 bridgehead atoms. The number of aliphatic carboxylic acids is 4. The summed E-state index contributed by atoms with van der Waals surface area (Å²) in [5, 5.41) is 46.6. The van der Waals surface area contributed by atoms with Crippen molar-refractivity contribution >= 4 is 59.4 Å². The summed E-state index contributed by atoms with van der Waals surface area (Å²) < 4.78 is 0. The van der Waals surface area contributed by atoms with E-state index in [1.165, 1.54) is 0 Å². The molecule has 1 aromatic rings. The van der Waals surface area contributed by atoms with Gasteiger partial charge in [-0.05, 0) is 91.5 Å². The molecule has 2 unspecified atom stereocenters. The lowest BCUT2D eigenvalue weighted by atomic mass is 9.80. The molecule has 7 N–H and O–H groups in total. The predicted molar refractivity (Wildman–Crippen MR) is 194 cm³/mol. The van der Waals surface area contributed by atoms with Crippen molar-refractivity contribution < 1.29 is 44.4 Å². The van der Waals surface area contributed by atoms with Gasteiger partial charge in [0.1, 0.15) is 6.04 Å². The molecule has 4 aliphatic rings. The lowest BCUT2D eigenvalue weighted by Gasteiger charge is -2.26. The largest absolute Gasteiger partial charge is 0.481 e. The standard InChI is InChI=1S/C38H43N5O9/c1-7-20-16(3)24-12-26-18(5)22(9-10-32(45)46)35(42-26)23(11-31(44)41-30(37(49)50)15-33(47)48)36-34(38(51)52)19(6)27(43-36)14-29-21(8-2)17(4)25(40-29)13-28(20)39-24/h7,12-14,18,22,26,30,35,39,42H,1,8-11,15H2,2-6H3,(H,41,44)(H,45,46)(H,47,48)(H,49,50)(H,51,52)/t18-,22-,26?,30-,35?/m0/s1. The van der Waals surface area contributed by atoms with Crippen LogP contribution in [0.2, 0.25) is 0 Å². The van der Waals surface area contributed by atoms with E-state index in [9.17, 15) is 44.4 Å². The van der Waals surface area contributed by atoms with E-state index in [4.69, 9.17) is 9.98 Å². The monoisotopic (exact) mass is 713 g/mol. The Morgan fingerprint density at radius 1 is 0.981 bits per heavy atom. The molecule has 1 aromatic heterocycles. The Hall–Kier alpha value is -5.63. The number of amides is 1. The summed E-state index contributed by atoms with van der Waals surface area (Å²) in [5.41, 5.74) is 5.69. The van der Waals surface area contributed by atoms with E-state index >= 15 is 0 Å². The molecule has 52 heavy (non-hydrogen) atoms. The van der Waals surface area contributed by atoms with Gasteiger partial charge in [0, 0.05) is 34.8 Å². The van der Waals surface area contributed by atoms with Gasteiger partial charge in [0.05, 0.1) is 41.2 Å². The van der Waals surface area contributed by atoms with Crippen molar-refractivity contribution in [2.75, 3.05) is 0 Å². The molecule has 274 valence electrons. The Morgan fingerprint density at radius 3 is 2.27 bits per heavy atom. The summed E-state index contributed by atoms with van der Waals surface area (Å²) in [6, 6.07) is -2.93. The van der Waals surface area contributed by atoms with Crippen LogP contribution in [-0.2, 0) is 24.0 Å². The average Bonchev–Trinajstić information content (AvgIpc) is 3.74.